The minimum atomic E-state index is -1.31. The average Bonchev–Trinajstić information content (AvgIpc) is 1.98. The number of amides is 1. The van der Waals surface area contributed by atoms with E-state index < -0.39 is 18.6 Å². The monoisotopic (exact) mass is 165 g/mol. The van der Waals surface area contributed by atoms with E-state index in [0.717, 1.165) is 0 Å². The Morgan fingerprint density at radius 3 is 2.70 bits per heavy atom. The van der Waals surface area contributed by atoms with Crippen LogP contribution in [-0.4, -0.2) is 41.1 Å². The molecular weight excluding hydrogens is 154 g/mol. The highest BCUT2D eigenvalue weighted by atomic mass is 32.1. The van der Waals surface area contributed by atoms with Crippen LogP contribution in [0.5, 0.6) is 0 Å². The third-order valence-electron chi connectivity index (χ3n) is 0.887. The predicted octanol–water partition coefficient (Wildman–Crippen LogP) is -1.61. The Bertz CT molecular complexity index is 109. The van der Waals surface area contributed by atoms with Crippen LogP contribution in [0.15, 0.2) is 0 Å². The first-order chi connectivity index (χ1) is 4.72. The van der Waals surface area contributed by atoms with Gasteiger partial charge in [0, 0.05) is 12.3 Å². The Morgan fingerprint density at radius 1 is 1.70 bits per heavy atom. The molecule has 0 saturated carbocycles. The van der Waals surface area contributed by atoms with Crippen molar-refractivity contribution >= 4 is 18.5 Å². The van der Waals surface area contributed by atoms with Crippen LogP contribution in [0.2, 0.25) is 0 Å². The number of carbonyl (C=O) groups excluding carboxylic acids is 1. The van der Waals surface area contributed by atoms with Crippen molar-refractivity contribution in [3.05, 3.63) is 0 Å². The fourth-order valence-electron chi connectivity index (χ4n) is 0.380. The number of rotatable bonds is 4. The summed E-state index contributed by atoms with van der Waals surface area (Å²) in [5.74, 6) is -0.0410. The molecule has 0 radical (unpaired) electrons. The van der Waals surface area contributed by atoms with Crippen molar-refractivity contribution in [1.82, 2.24) is 5.32 Å². The van der Waals surface area contributed by atoms with Crippen LogP contribution in [0.3, 0.4) is 0 Å². The smallest absolute Gasteiger partial charge is 0.251 e. The maximum atomic E-state index is 10.6. The molecule has 0 spiro atoms. The van der Waals surface area contributed by atoms with Crippen molar-refractivity contribution in [2.24, 2.45) is 0 Å². The van der Waals surface area contributed by atoms with E-state index in [1.165, 1.54) is 0 Å². The van der Waals surface area contributed by atoms with Crippen molar-refractivity contribution in [3.8, 4) is 0 Å². The Kier molecular flexibility index (Phi) is 5.38. The highest BCUT2D eigenvalue weighted by Crippen LogP contribution is 1.79. The minimum absolute atomic E-state index is 0.402. The van der Waals surface area contributed by atoms with E-state index in [0.29, 0.717) is 12.3 Å². The molecule has 0 aliphatic rings. The van der Waals surface area contributed by atoms with Gasteiger partial charge in [0.15, 0.2) is 6.10 Å². The van der Waals surface area contributed by atoms with Gasteiger partial charge in [0.1, 0.15) is 0 Å². The number of thiol groups is 1. The fraction of sp³-hybridized carbons (Fsp3) is 0.800. The lowest BCUT2D eigenvalue weighted by atomic mass is 10.3. The zero-order valence-electron chi connectivity index (χ0n) is 5.45. The lowest BCUT2D eigenvalue weighted by Gasteiger charge is -2.06. The average molecular weight is 165 g/mol. The SMILES string of the molecule is O=C(NCCS)C(O)CO. The maximum Gasteiger partial charge on any atom is 0.251 e. The van der Waals surface area contributed by atoms with Crippen LogP contribution < -0.4 is 5.32 Å². The largest absolute Gasteiger partial charge is 0.393 e. The summed E-state index contributed by atoms with van der Waals surface area (Å²) >= 11 is 3.83. The first-order valence-corrected chi connectivity index (χ1v) is 3.53. The van der Waals surface area contributed by atoms with E-state index in [4.69, 9.17) is 10.2 Å². The summed E-state index contributed by atoms with van der Waals surface area (Å²) in [7, 11) is 0. The quantitative estimate of drug-likeness (QED) is 0.379. The summed E-state index contributed by atoms with van der Waals surface area (Å²) in [5.41, 5.74) is 0. The lowest BCUT2D eigenvalue weighted by Crippen LogP contribution is -2.37. The van der Waals surface area contributed by atoms with E-state index in [2.05, 4.69) is 17.9 Å². The van der Waals surface area contributed by atoms with Gasteiger partial charge in [-0.05, 0) is 0 Å². The Morgan fingerprint density at radius 2 is 2.30 bits per heavy atom. The van der Waals surface area contributed by atoms with Crippen molar-refractivity contribution in [2.45, 2.75) is 6.10 Å². The van der Waals surface area contributed by atoms with E-state index in [1.807, 2.05) is 0 Å². The molecule has 4 nitrogen and oxygen atoms in total. The van der Waals surface area contributed by atoms with Crippen molar-refractivity contribution in [3.63, 3.8) is 0 Å². The highest BCUT2D eigenvalue weighted by Gasteiger charge is 2.11. The molecule has 60 valence electrons. The zero-order chi connectivity index (χ0) is 7.98. The summed E-state index contributed by atoms with van der Waals surface area (Å²) in [6.07, 6.45) is -1.31. The molecule has 0 heterocycles. The number of aliphatic hydroxyl groups is 2. The van der Waals surface area contributed by atoms with Crippen LogP contribution in [0.1, 0.15) is 0 Å². The molecule has 3 N–H and O–H groups in total. The van der Waals surface area contributed by atoms with Crippen LogP contribution in [0.25, 0.3) is 0 Å². The van der Waals surface area contributed by atoms with Gasteiger partial charge in [-0.15, -0.1) is 0 Å². The number of hydrogen-bond acceptors (Lipinski definition) is 4. The zero-order valence-corrected chi connectivity index (χ0v) is 6.34. The predicted molar refractivity (Wildman–Crippen MR) is 40.0 cm³/mol. The molecule has 0 saturated heterocycles. The molecule has 5 heteroatoms. The second-order valence-electron chi connectivity index (χ2n) is 1.71. The van der Waals surface area contributed by atoms with Gasteiger partial charge in [-0.1, -0.05) is 0 Å². The van der Waals surface area contributed by atoms with E-state index in [1.54, 1.807) is 0 Å². The minimum Gasteiger partial charge on any atom is -0.393 e. The Labute approximate surface area is 64.7 Å². The molecular formula is C5H11NO3S. The second-order valence-corrected chi connectivity index (χ2v) is 2.16. The molecule has 0 aromatic heterocycles. The molecule has 0 bridgehead atoms. The summed E-state index contributed by atoms with van der Waals surface area (Å²) in [5, 5.41) is 19.3. The molecule has 1 atom stereocenters. The topological polar surface area (TPSA) is 69.6 Å². The fourth-order valence-corrected chi connectivity index (χ4v) is 0.492. The molecule has 0 aromatic rings. The van der Waals surface area contributed by atoms with Gasteiger partial charge < -0.3 is 15.5 Å². The Balaban J connectivity index is 3.42. The van der Waals surface area contributed by atoms with Gasteiger partial charge in [-0.25, -0.2) is 0 Å². The van der Waals surface area contributed by atoms with Gasteiger partial charge in [0.05, 0.1) is 6.61 Å². The first kappa shape index (κ1) is 9.74. The van der Waals surface area contributed by atoms with Crippen molar-refractivity contribution < 1.29 is 15.0 Å². The first-order valence-electron chi connectivity index (χ1n) is 2.90. The van der Waals surface area contributed by atoms with E-state index >= 15 is 0 Å². The number of aliphatic hydroxyl groups excluding tert-OH is 2. The highest BCUT2D eigenvalue weighted by molar-refractivity contribution is 7.80. The second kappa shape index (κ2) is 5.52. The molecule has 10 heavy (non-hydrogen) atoms. The van der Waals surface area contributed by atoms with Gasteiger partial charge in [-0.3, -0.25) is 4.79 Å². The Hall–Kier alpha value is -0.260. The molecule has 0 fully saturated rings. The third kappa shape index (κ3) is 3.71. The van der Waals surface area contributed by atoms with Gasteiger partial charge >= 0.3 is 0 Å². The molecule has 0 aliphatic carbocycles. The summed E-state index contributed by atoms with van der Waals surface area (Å²) in [6, 6.07) is 0. The molecule has 0 aromatic carbocycles. The van der Waals surface area contributed by atoms with E-state index in [9.17, 15) is 4.79 Å². The van der Waals surface area contributed by atoms with Crippen molar-refractivity contribution in [1.29, 1.82) is 0 Å². The maximum absolute atomic E-state index is 10.6. The third-order valence-corrected chi connectivity index (χ3v) is 1.11. The van der Waals surface area contributed by atoms with E-state index in [-0.39, 0.29) is 0 Å². The number of nitrogens with one attached hydrogen (secondary N) is 1. The molecule has 0 rings (SSSR count). The van der Waals surface area contributed by atoms with Crippen LogP contribution in [-0.2, 0) is 4.79 Å². The molecule has 1 amide bonds. The summed E-state index contributed by atoms with van der Waals surface area (Å²) in [4.78, 5) is 10.6. The van der Waals surface area contributed by atoms with Gasteiger partial charge in [0.25, 0.3) is 5.91 Å². The lowest BCUT2D eigenvalue weighted by molar-refractivity contribution is -0.130. The molecule has 0 aliphatic heterocycles. The number of carbonyl (C=O) groups is 1. The number of hydrogen-bond donors (Lipinski definition) is 4. The van der Waals surface area contributed by atoms with Crippen LogP contribution >= 0.6 is 12.6 Å². The normalized spacial score (nSPS) is 12.7. The standard InChI is InChI=1S/C5H11NO3S/c7-3-4(8)5(9)6-1-2-10/h4,7-8,10H,1-3H2,(H,6,9). The van der Waals surface area contributed by atoms with Crippen LogP contribution in [0.4, 0.5) is 0 Å². The summed E-state index contributed by atoms with van der Waals surface area (Å²) in [6.45, 7) is -0.141. The van der Waals surface area contributed by atoms with Gasteiger partial charge in [-0.2, -0.15) is 12.6 Å². The van der Waals surface area contributed by atoms with Crippen molar-refractivity contribution in [2.75, 3.05) is 18.9 Å². The van der Waals surface area contributed by atoms with Gasteiger partial charge in [0.2, 0.25) is 0 Å². The summed E-state index contributed by atoms with van der Waals surface area (Å²) < 4.78 is 0. The molecule has 1 unspecified atom stereocenters. The van der Waals surface area contributed by atoms with Crippen LogP contribution in [0, 0.1) is 0 Å².